The summed E-state index contributed by atoms with van der Waals surface area (Å²) in [5.41, 5.74) is 2.60. The first-order valence-electron chi connectivity index (χ1n) is 9.69. The fourth-order valence-corrected chi connectivity index (χ4v) is 4.29. The van der Waals surface area contributed by atoms with Gasteiger partial charge in [-0.2, -0.15) is 0 Å². The molecule has 0 atom stereocenters. The number of rotatable bonds is 4. The lowest BCUT2D eigenvalue weighted by Gasteiger charge is -2.46. The van der Waals surface area contributed by atoms with Crippen LogP contribution in [-0.4, -0.2) is 47.0 Å². The van der Waals surface area contributed by atoms with Gasteiger partial charge in [-0.05, 0) is 44.4 Å². The van der Waals surface area contributed by atoms with E-state index < -0.39 is 5.41 Å². The van der Waals surface area contributed by atoms with Crippen LogP contribution < -0.4 is 0 Å². The molecule has 144 valence electrons. The topological polar surface area (TPSA) is 49.6 Å². The first-order chi connectivity index (χ1) is 13.0. The fourth-order valence-electron chi connectivity index (χ4n) is 4.29. The lowest BCUT2D eigenvalue weighted by Crippen LogP contribution is -2.56. The summed E-state index contributed by atoms with van der Waals surface area (Å²) in [6.45, 7) is 7.86. The predicted octanol–water partition coefficient (Wildman–Crippen LogP) is 3.20. The summed E-state index contributed by atoms with van der Waals surface area (Å²) in [4.78, 5) is 17.6. The van der Waals surface area contributed by atoms with Gasteiger partial charge in [0, 0.05) is 38.3 Å². The number of halogens is 1. The highest BCUT2D eigenvalue weighted by molar-refractivity contribution is 5.89. The van der Waals surface area contributed by atoms with Crippen molar-refractivity contribution >= 4 is 5.91 Å². The molecule has 0 radical (unpaired) electrons. The highest BCUT2D eigenvalue weighted by atomic mass is 19.1. The number of hydrogen-bond donors (Lipinski definition) is 0. The van der Waals surface area contributed by atoms with Crippen LogP contribution in [0, 0.1) is 19.7 Å². The van der Waals surface area contributed by atoms with E-state index in [1.165, 1.54) is 12.1 Å². The minimum atomic E-state index is -0.447. The Kier molecular flexibility index (Phi) is 4.76. The Bertz CT molecular complexity index is 799. The second-order valence-electron chi connectivity index (χ2n) is 7.81. The Hall–Kier alpha value is -2.21. The molecule has 4 rings (SSSR count). The molecular weight excluding hydrogens is 345 g/mol. The molecule has 1 aromatic carbocycles. The number of hydrogen-bond acceptors (Lipinski definition) is 4. The van der Waals surface area contributed by atoms with E-state index in [4.69, 9.17) is 4.52 Å². The van der Waals surface area contributed by atoms with Crippen molar-refractivity contribution in [3.63, 3.8) is 0 Å². The van der Waals surface area contributed by atoms with Crippen molar-refractivity contribution < 1.29 is 13.7 Å². The van der Waals surface area contributed by atoms with Gasteiger partial charge < -0.3 is 9.42 Å². The Morgan fingerprint density at radius 2 is 1.81 bits per heavy atom. The number of aromatic nitrogens is 1. The second kappa shape index (κ2) is 7.08. The largest absolute Gasteiger partial charge is 0.361 e. The van der Waals surface area contributed by atoms with Crippen molar-refractivity contribution in [2.75, 3.05) is 26.2 Å². The molecule has 1 amide bonds. The number of carbonyl (C=O) groups is 1. The molecule has 2 aromatic rings. The standard InChI is InChI=1S/C21H26FN3O2/c1-15-19(16(2)27-23-15)14-24-10-12-25(13-11-24)20(26)21(8-3-9-21)17-4-6-18(22)7-5-17/h4-7H,3,8-14H2,1-2H3. The van der Waals surface area contributed by atoms with Crippen LogP contribution in [0.15, 0.2) is 28.8 Å². The van der Waals surface area contributed by atoms with Crippen molar-refractivity contribution in [1.82, 2.24) is 15.0 Å². The Morgan fingerprint density at radius 1 is 1.15 bits per heavy atom. The number of amides is 1. The molecule has 1 saturated carbocycles. The van der Waals surface area contributed by atoms with E-state index >= 15 is 0 Å². The van der Waals surface area contributed by atoms with Gasteiger partial charge >= 0.3 is 0 Å². The van der Waals surface area contributed by atoms with Crippen LogP contribution in [0.2, 0.25) is 0 Å². The quantitative estimate of drug-likeness (QED) is 0.828. The maximum Gasteiger partial charge on any atom is 0.233 e. The summed E-state index contributed by atoms with van der Waals surface area (Å²) in [5.74, 6) is 0.821. The fraction of sp³-hybridized carbons (Fsp3) is 0.524. The molecule has 1 aliphatic carbocycles. The van der Waals surface area contributed by atoms with Crippen LogP contribution in [0.1, 0.15) is 41.8 Å². The van der Waals surface area contributed by atoms with Crippen molar-refractivity contribution in [1.29, 1.82) is 0 Å². The third-order valence-electron chi connectivity index (χ3n) is 6.24. The summed E-state index contributed by atoms with van der Waals surface area (Å²) in [6, 6.07) is 6.48. The zero-order valence-corrected chi connectivity index (χ0v) is 16.0. The SMILES string of the molecule is Cc1noc(C)c1CN1CCN(C(=O)C2(c3ccc(F)cc3)CCC2)CC1. The van der Waals surface area contributed by atoms with Gasteiger partial charge in [0.15, 0.2) is 0 Å². The van der Waals surface area contributed by atoms with Crippen LogP contribution in [-0.2, 0) is 16.8 Å². The molecule has 1 aromatic heterocycles. The summed E-state index contributed by atoms with van der Waals surface area (Å²) in [6.07, 6.45) is 2.77. The van der Waals surface area contributed by atoms with E-state index in [9.17, 15) is 9.18 Å². The summed E-state index contributed by atoms with van der Waals surface area (Å²) in [5, 5.41) is 4.02. The number of carbonyl (C=O) groups excluding carboxylic acids is 1. The van der Waals surface area contributed by atoms with Crippen LogP contribution in [0.5, 0.6) is 0 Å². The molecule has 2 aliphatic rings. The van der Waals surface area contributed by atoms with Gasteiger partial charge in [-0.25, -0.2) is 4.39 Å². The third-order valence-corrected chi connectivity index (χ3v) is 6.24. The van der Waals surface area contributed by atoms with E-state index in [0.29, 0.717) is 0 Å². The van der Waals surface area contributed by atoms with Gasteiger partial charge in [0.1, 0.15) is 11.6 Å². The Morgan fingerprint density at radius 3 is 2.33 bits per heavy atom. The van der Waals surface area contributed by atoms with Gasteiger partial charge in [0.25, 0.3) is 0 Å². The molecule has 0 bridgehead atoms. The number of aryl methyl sites for hydroxylation is 2. The van der Waals surface area contributed by atoms with Crippen LogP contribution >= 0.6 is 0 Å². The molecule has 6 heteroatoms. The van der Waals surface area contributed by atoms with E-state index in [2.05, 4.69) is 10.1 Å². The Balaban J connectivity index is 1.41. The highest BCUT2D eigenvalue weighted by Gasteiger charge is 2.47. The molecule has 1 saturated heterocycles. The van der Waals surface area contributed by atoms with Crippen molar-refractivity contribution in [2.24, 2.45) is 0 Å². The highest BCUT2D eigenvalue weighted by Crippen LogP contribution is 2.45. The van der Waals surface area contributed by atoms with Gasteiger partial charge in [0.2, 0.25) is 5.91 Å². The summed E-state index contributed by atoms with van der Waals surface area (Å²) >= 11 is 0. The number of piperazine rings is 1. The minimum Gasteiger partial charge on any atom is -0.361 e. The molecule has 0 unspecified atom stereocenters. The zero-order valence-electron chi connectivity index (χ0n) is 16.0. The zero-order chi connectivity index (χ0) is 19.0. The van der Waals surface area contributed by atoms with Gasteiger partial charge in [0.05, 0.1) is 11.1 Å². The number of nitrogens with zero attached hydrogens (tertiary/aromatic N) is 3. The molecule has 2 fully saturated rings. The lowest BCUT2D eigenvalue weighted by molar-refractivity contribution is -0.142. The third kappa shape index (κ3) is 3.27. The maximum atomic E-state index is 13.3. The van der Waals surface area contributed by atoms with E-state index in [-0.39, 0.29) is 11.7 Å². The monoisotopic (exact) mass is 371 g/mol. The van der Waals surface area contributed by atoms with Gasteiger partial charge in [-0.1, -0.05) is 23.7 Å². The molecule has 5 nitrogen and oxygen atoms in total. The summed E-state index contributed by atoms with van der Waals surface area (Å²) in [7, 11) is 0. The average molecular weight is 371 g/mol. The van der Waals surface area contributed by atoms with Crippen LogP contribution in [0.4, 0.5) is 4.39 Å². The molecule has 1 aliphatic heterocycles. The maximum absolute atomic E-state index is 13.3. The average Bonchev–Trinajstić information content (AvgIpc) is 2.95. The van der Waals surface area contributed by atoms with E-state index in [1.54, 1.807) is 12.1 Å². The number of benzene rings is 1. The molecule has 0 spiro atoms. The molecule has 2 heterocycles. The van der Waals surface area contributed by atoms with Gasteiger partial charge in [-0.3, -0.25) is 9.69 Å². The minimum absolute atomic E-state index is 0.206. The second-order valence-corrected chi connectivity index (χ2v) is 7.81. The van der Waals surface area contributed by atoms with Gasteiger partial charge in [-0.15, -0.1) is 0 Å². The first-order valence-corrected chi connectivity index (χ1v) is 9.69. The van der Waals surface area contributed by atoms with Crippen molar-refractivity contribution in [2.45, 2.75) is 45.1 Å². The predicted molar refractivity (Wildman–Crippen MR) is 99.8 cm³/mol. The normalized spacial score (nSPS) is 19.7. The molecule has 27 heavy (non-hydrogen) atoms. The first kappa shape index (κ1) is 18.2. The van der Waals surface area contributed by atoms with E-state index in [1.807, 2.05) is 18.7 Å². The summed E-state index contributed by atoms with van der Waals surface area (Å²) < 4.78 is 18.5. The smallest absolute Gasteiger partial charge is 0.233 e. The Labute approximate surface area is 159 Å². The van der Waals surface area contributed by atoms with Crippen molar-refractivity contribution in [3.8, 4) is 0 Å². The lowest BCUT2D eigenvalue weighted by atomic mass is 9.63. The molecular formula is C21H26FN3O2. The van der Waals surface area contributed by atoms with Crippen LogP contribution in [0.25, 0.3) is 0 Å². The molecule has 0 N–H and O–H groups in total. The van der Waals surface area contributed by atoms with Crippen LogP contribution in [0.3, 0.4) is 0 Å². The van der Waals surface area contributed by atoms with E-state index in [0.717, 1.165) is 74.6 Å². The van der Waals surface area contributed by atoms with Crippen molar-refractivity contribution in [3.05, 3.63) is 52.7 Å².